The zero-order valence-corrected chi connectivity index (χ0v) is 12.5. The maximum absolute atomic E-state index is 12.4. The maximum Gasteiger partial charge on any atom is 0.322 e. The summed E-state index contributed by atoms with van der Waals surface area (Å²) >= 11 is 0. The van der Waals surface area contributed by atoms with Crippen molar-refractivity contribution in [3.63, 3.8) is 0 Å². The van der Waals surface area contributed by atoms with E-state index in [-0.39, 0.29) is 12.2 Å². The van der Waals surface area contributed by atoms with Crippen molar-refractivity contribution in [1.82, 2.24) is 4.31 Å². The van der Waals surface area contributed by atoms with Gasteiger partial charge in [-0.2, -0.15) is 12.7 Å². The van der Waals surface area contributed by atoms with E-state index in [9.17, 15) is 18.3 Å². The monoisotopic (exact) mass is 314 g/mol. The summed E-state index contributed by atoms with van der Waals surface area (Å²) < 4.78 is 33.4. The van der Waals surface area contributed by atoms with Crippen LogP contribution in [0.3, 0.4) is 0 Å². The van der Waals surface area contributed by atoms with Gasteiger partial charge in [0.1, 0.15) is 11.8 Å². The predicted molar refractivity (Wildman–Crippen MR) is 77.5 cm³/mol. The number of carbonyl (C=O) groups is 1. The SMILES string of the molecule is COc1ccccc1NS(=O)(=O)N1CCCCC1C(=O)O. The van der Waals surface area contributed by atoms with E-state index in [4.69, 9.17) is 4.74 Å². The van der Waals surface area contributed by atoms with Gasteiger partial charge in [0.05, 0.1) is 12.8 Å². The molecule has 0 radical (unpaired) electrons. The van der Waals surface area contributed by atoms with Crippen LogP contribution < -0.4 is 9.46 Å². The second kappa shape index (κ2) is 6.31. The van der Waals surface area contributed by atoms with E-state index in [0.717, 1.165) is 4.31 Å². The second-order valence-electron chi connectivity index (χ2n) is 4.77. The number of ether oxygens (including phenoxy) is 1. The first-order chi connectivity index (χ1) is 9.95. The van der Waals surface area contributed by atoms with Gasteiger partial charge in [-0.25, -0.2) is 0 Å². The van der Waals surface area contributed by atoms with E-state index in [1.807, 2.05) is 0 Å². The third kappa shape index (κ3) is 3.45. The van der Waals surface area contributed by atoms with Crippen LogP contribution in [0.25, 0.3) is 0 Å². The summed E-state index contributed by atoms with van der Waals surface area (Å²) in [5, 5.41) is 9.18. The average Bonchev–Trinajstić information content (AvgIpc) is 2.47. The Morgan fingerprint density at radius 3 is 2.76 bits per heavy atom. The topological polar surface area (TPSA) is 95.9 Å². The van der Waals surface area contributed by atoms with Crippen molar-refractivity contribution in [3.8, 4) is 5.75 Å². The number of benzene rings is 1. The number of hydrogen-bond acceptors (Lipinski definition) is 4. The van der Waals surface area contributed by atoms with E-state index in [1.54, 1.807) is 24.3 Å². The average molecular weight is 314 g/mol. The van der Waals surface area contributed by atoms with Crippen LogP contribution in [0.1, 0.15) is 19.3 Å². The van der Waals surface area contributed by atoms with Crippen molar-refractivity contribution >= 4 is 21.9 Å². The highest BCUT2D eigenvalue weighted by Gasteiger charge is 2.37. The fraction of sp³-hybridized carbons (Fsp3) is 0.462. The van der Waals surface area contributed by atoms with E-state index in [1.165, 1.54) is 7.11 Å². The fourth-order valence-corrected chi connectivity index (χ4v) is 3.83. The van der Waals surface area contributed by atoms with Gasteiger partial charge in [-0.15, -0.1) is 0 Å². The number of aliphatic carboxylic acids is 1. The third-order valence-corrected chi connectivity index (χ3v) is 4.93. The quantitative estimate of drug-likeness (QED) is 0.854. The minimum atomic E-state index is -3.94. The van der Waals surface area contributed by atoms with Crippen LogP contribution in [0.4, 0.5) is 5.69 Å². The van der Waals surface area contributed by atoms with Crippen molar-refractivity contribution in [2.24, 2.45) is 0 Å². The molecule has 1 aromatic rings. The molecule has 0 aromatic heterocycles. The zero-order valence-electron chi connectivity index (χ0n) is 11.7. The molecule has 2 N–H and O–H groups in total. The van der Waals surface area contributed by atoms with Crippen molar-refractivity contribution in [1.29, 1.82) is 0 Å². The summed E-state index contributed by atoms with van der Waals surface area (Å²) in [7, 11) is -2.50. The summed E-state index contributed by atoms with van der Waals surface area (Å²) in [6.45, 7) is 0.196. The fourth-order valence-electron chi connectivity index (χ4n) is 2.37. The number of carboxylic acid groups (broad SMARTS) is 1. The van der Waals surface area contributed by atoms with E-state index in [0.29, 0.717) is 25.0 Å². The molecule has 8 heteroatoms. The number of piperidine rings is 1. The van der Waals surface area contributed by atoms with Gasteiger partial charge in [-0.05, 0) is 31.4 Å². The number of hydrogen-bond donors (Lipinski definition) is 2. The lowest BCUT2D eigenvalue weighted by molar-refractivity contribution is -0.142. The Kier molecular flexibility index (Phi) is 4.69. The number of methoxy groups -OCH3 is 1. The molecule has 1 aliphatic heterocycles. The van der Waals surface area contributed by atoms with Crippen LogP contribution >= 0.6 is 0 Å². The molecule has 7 nitrogen and oxygen atoms in total. The number of rotatable bonds is 5. The molecule has 0 amide bonds. The standard InChI is InChI=1S/C13H18N2O5S/c1-20-12-8-3-2-6-10(12)14-21(18,19)15-9-5-4-7-11(15)13(16)17/h2-3,6,8,11,14H,4-5,7,9H2,1H3,(H,16,17). The Morgan fingerprint density at radius 1 is 1.38 bits per heavy atom. The molecule has 0 bridgehead atoms. The van der Waals surface area contributed by atoms with E-state index >= 15 is 0 Å². The molecular formula is C13H18N2O5S. The van der Waals surface area contributed by atoms with Gasteiger partial charge >= 0.3 is 16.2 Å². The van der Waals surface area contributed by atoms with Crippen molar-refractivity contribution in [2.75, 3.05) is 18.4 Å². The van der Waals surface area contributed by atoms with Gasteiger partial charge in [0.2, 0.25) is 0 Å². The third-order valence-electron chi connectivity index (χ3n) is 3.39. The molecule has 1 saturated heterocycles. The summed E-state index contributed by atoms with van der Waals surface area (Å²) in [6.07, 6.45) is 1.68. The number of anilines is 1. The van der Waals surface area contributed by atoms with Gasteiger partial charge in [0, 0.05) is 6.54 Å². The van der Waals surface area contributed by atoms with Crippen LogP contribution in [0.5, 0.6) is 5.75 Å². The lowest BCUT2D eigenvalue weighted by Gasteiger charge is -2.32. The number of para-hydroxylation sites is 2. The largest absolute Gasteiger partial charge is 0.495 e. The first kappa shape index (κ1) is 15.6. The molecular weight excluding hydrogens is 296 g/mol. The number of nitrogens with one attached hydrogen (secondary N) is 1. The first-order valence-corrected chi connectivity index (χ1v) is 8.05. The molecule has 0 spiro atoms. The smallest absolute Gasteiger partial charge is 0.322 e. The Bertz CT molecular complexity index is 617. The lowest BCUT2D eigenvalue weighted by atomic mass is 10.1. The van der Waals surface area contributed by atoms with Crippen molar-refractivity contribution in [3.05, 3.63) is 24.3 Å². The van der Waals surface area contributed by atoms with Crippen molar-refractivity contribution < 1.29 is 23.1 Å². The number of carboxylic acids is 1. The maximum atomic E-state index is 12.4. The van der Waals surface area contributed by atoms with Gasteiger partial charge in [-0.3, -0.25) is 9.52 Å². The zero-order chi connectivity index (χ0) is 15.5. The molecule has 1 aliphatic rings. The predicted octanol–water partition coefficient (Wildman–Crippen LogP) is 1.29. The molecule has 0 aliphatic carbocycles. The molecule has 1 heterocycles. The molecule has 1 atom stereocenters. The van der Waals surface area contributed by atoms with Crippen LogP contribution in [0.15, 0.2) is 24.3 Å². The molecule has 1 aromatic carbocycles. The molecule has 0 saturated carbocycles. The van der Waals surface area contributed by atoms with Crippen LogP contribution in [0.2, 0.25) is 0 Å². The Morgan fingerprint density at radius 2 is 2.10 bits per heavy atom. The summed E-state index contributed by atoms with van der Waals surface area (Å²) in [5.74, 6) is -0.745. The van der Waals surface area contributed by atoms with Gasteiger partial charge in [0.15, 0.2) is 0 Å². The van der Waals surface area contributed by atoms with E-state index in [2.05, 4.69) is 4.72 Å². The highest BCUT2D eigenvalue weighted by Crippen LogP contribution is 2.27. The molecule has 116 valence electrons. The molecule has 1 unspecified atom stereocenters. The Hall–Kier alpha value is -1.80. The minimum Gasteiger partial charge on any atom is -0.495 e. The lowest BCUT2D eigenvalue weighted by Crippen LogP contribution is -2.49. The Balaban J connectivity index is 2.26. The van der Waals surface area contributed by atoms with Gasteiger partial charge in [0.25, 0.3) is 0 Å². The molecule has 1 fully saturated rings. The molecule has 21 heavy (non-hydrogen) atoms. The van der Waals surface area contributed by atoms with Crippen LogP contribution in [-0.4, -0.2) is 43.5 Å². The van der Waals surface area contributed by atoms with Crippen LogP contribution in [0, 0.1) is 0 Å². The van der Waals surface area contributed by atoms with Crippen LogP contribution in [-0.2, 0) is 15.0 Å². The Labute approximate surface area is 123 Å². The van der Waals surface area contributed by atoms with Crippen molar-refractivity contribution in [2.45, 2.75) is 25.3 Å². The minimum absolute atomic E-state index is 0.196. The summed E-state index contributed by atoms with van der Waals surface area (Å²) in [6, 6.07) is 5.56. The highest BCUT2D eigenvalue weighted by molar-refractivity contribution is 7.90. The molecule has 2 rings (SSSR count). The van der Waals surface area contributed by atoms with Gasteiger partial charge in [-0.1, -0.05) is 12.1 Å². The second-order valence-corrected chi connectivity index (χ2v) is 6.39. The van der Waals surface area contributed by atoms with E-state index < -0.39 is 22.2 Å². The normalized spacial score (nSPS) is 20.0. The summed E-state index contributed by atoms with van der Waals surface area (Å²) in [5.41, 5.74) is 0.287. The summed E-state index contributed by atoms with van der Waals surface area (Å²) in [4.78, 5) is 11.2. The number of nitrogens with zero attached hydrogens (tertiary/aromatic N) is 1. The highest BCUT2D eigenvalue weighted by atomic mass is 32.2. The first-order valence-electron chi connectivity index (χ1n) is 6.61. The van der Waals surface area contributed by atoms with Gasteiger partial charge < -0.3 is 9.84 Å².